The van der Waals surface area contributed by atoms with E-state index in [0.29, 0.717) is 11.3 Å². The standard InChI is InChI=1S/C18H12F3N3O2S2/c19-18(20,21)12-5-7-13(8-6-12)28(25,26)23-15-4-2-1-3-14(15)16-11-24-9-10-27-17(24)22-16/h1-11,23H. The van der Waals surface area contributed by atoms with Crippen molar-refractivity contribution in [3.63, 3.8) is 0 Å². The highest BCUT2D eigenvalue weighted by Crippen LogP contribution is 2.32. The summed E-state index contributed by atoms with van der Waals surface area (Å²) in [6.07, 6.45) is -0.918. The van der Waals surface area contributed by atoms with Crippen molar-refractivity contribution in [2.45, 2.75) is 11.1 Å². The van der Waals surface area contributed by atoms with Gasteiger partial charge in [0.1, 0.15) is 0 Å². The number of hydrogen-bond donors (Lipinski definition) is 1. The lowest BCUT2D eigenvalue weighted by atomic mass is 10.1. The van der Waals surface area contributed by atoms with E-state index >= 15 is 0 Å². The summed E-state index contributed by atoms with van der Waals surface area (Å²) in [4.78, 5) is 4.96. The van der Waals surface area contributed by atoms with Gasteiger partial charge in [0.25, 0.3) is 10.0 Å². The Bertz CT molecular complexity index is 1210. The number of halogens is 3. The second kappa shape index (κ2) is 6.64. The van der Waals surface area contributed by atoms with Gasteiger partial charge in [-0.3, -0.25) is 9.12 Å². The number of alkyl halides is 3. The van der Waals surface area contributed by atoms with Crippen LogP contribution in [-0.4, -0.2) is 17.8 Å². The molecule has 2 aromatic heterocycles. The first-order valence-electron chi connectivity index (χ1n) is 7.96. The molecule has 10 heteroatoms. The molecule has 28 heavy (non-hydrogen) atoms. The van der Waals surface area contributed by atoms with E-state index in [-0.39, 0.29) is 10.6 Å². The first-order valence-corrected chi connectivity index (χ1v) is 10.3. The third-order valence-corrected chi connectivity index (χ3v) is 6.18. The molecule has 0 saturated heterocycles. The molecule has 2 aromatic carbocycles. The SMILES string of the molecule is O=S(=O)(Nc1ccccc1-c1cn2ccsc2n1)c1ccc(C(F)(F)F)cc1. The molecule has 0 spiro atoms. The van der Waals surface area contributed by atoms with E-state index in [1.807, 2.05) is 16.0 Å². The van der Waals surface area contributed by atoms with E-state index in [2.05, 4.69) is 9.71 Å². The first-order chi connectivity index (χ1) is 13.2. The van der Waals surface area contributed by atoms with Crippen LogP contribution in [0.25, 0.3) is 16.2 Å². The Kier molecular flexibility index (Phi) is 4.39. The Labute approximate surface area is 162 Å². The lowest BCUT2D eigenvalue weighted by molar-refractivity contribution is -0.137. The second-order valence-corrected chi connectivity index (χ2v) is 8.45. The van der Waals surface area contributed by atoms with Gasteiger partial charge in [-0.05, 0) is 30.3 Å². The van der Waals surface area contributed by atoms with Crippen LogP contribution in [0, 0.1) is 0 Å². The Balaban J connectivity index is 1.68. The van der Waals surface area contributed by atoms with E-state index in [9.17, 15) is 21.6 Å². The van der Waals surface area contributed by atoms with Crippen LogP contribution in [0.1, 0.15) is 5.56 Å². The zero-order valence-electron chi connectivity index (χ0n) is 14.0. The van der Waals surface area contributed by atoms with Crippen molar-refractivity contribution >= 4 is 32.0 Å². The molecule has 1 N–H and O–H groups in total. The number of hydrogen-bond acceptors (Lipinski definition) is 4. The Morgan fingerprint density at radius 3 is 2.43 bits per heavy atom. The fraction of sp³-hybridized carbons (Fsp3) is 0.0556. The highest BCUT2D eigenvalue weighted by molar-refractivity contribution is 7.92. The number of imidazole rings is 1. The van der Waals surface area contributed by atoms with Gasteiger partial charge in [-0.15, -0.1) is 11.3 Å². The minimum atomic E-state index is -4.53. The molecule has 0 aliphatic rings. The quantitative estimate of drug-likeness (QED) is 0.509. The average Bonchev–Trinajstić information content (AvgIpc) is 3.23. The molecule has 0 unspecified atom stereocenters. The van der Waals surface area contributed by atoms with Gasteiger partial charge in [-0.25, -0.2) is 13.4 Å². The number of anilines is 1. The van der Waals surface area contributed by atoms with Gasteiger partial charge in [0.05, 0.1) is 21.8 Å². The van der Waals surface area contributed by atoms with E-state index in [1.165, 1.54) is 11.3 Å². The van der Waals surface area contributed by atoms with Gasteiger partial charge < -0.3 is 0 Å². The van der Waals surface area contributed by atoms with Crippen molar-refractivity contribution in [3.05, 3.63) is 71.9 Å². The molecular weight excluding hydrogens is 411 g/mol. The summed E-state index contributed by atoms with van der Waals surface area (Å²) >= 11 is 1.44. The maximum Gasteiger partial charge on any atom is 0.416 e. The summed E-state index contributed by atoms with van der Waals surface area (Å²) in [7, 11) is -4.07. The fourth-order valence-electron chi connectivity index (χ4n) is 2.68. The van der Waals surface area contributed by atoms with E-state index in [0.717, 1.165) is 29.2 Å². The van der Waals surface area contributed by atoms with Crippen molar-refractivity contribution in [2.75, 3.05) is 4.72 Å². The number of benzene rings is 2. The number of rotatable bonds is 4. The second-order valence-electron chi connectivity index (χ2n) is 5.89. The highest BCUT2D eigenvalue weighted by atomic mass is 32.2. The van der Waals surface area contributed by atoms with Crippen LogP contribution in [0.4, 0.5) is 18.9 Å². The number of thiazole rings is 1. The van der Waals surface area contributed by atoms with Gasteiger partial charge in [0, 0.05) is 23.3 Å². The number of para-hydroxylation sites is 1. The van der Waals surface area contributed by atoms with Crippen molar-refractivity contribution in [1.82, 2.24) is 9.38 Å². The lowest BCUT2D eigenvalue weighted by Gasteiger charge is -2.12. The normalized spacial score (nSPS) is 12.4. The van der Waals surface area contributed by atoms with Crippen LogP contribution >= 0.6 is 11.3 Å². The number of nitrogens with zero attached hydrogens (tertiary/aromatic N) is 2. The van der Waals surface area contributed by atoms with E-state index in [1.54, 1.807) is 30.5 Å². The summed E-state index contributed by atoms with van der Waals surface area (Å²) in [5.74, 6) is 0. The molecule has 0 amide bonds. The summed E-state index contributed by atoms with van der Waals surface area (Å²) in [5.41, 5.74) is 0.518. The minimum absolute atomic E-state index is 0.263. The molecule has 5 nitrogen and oxygen atoms in total. The molecule has 144 valence electrons. The Morgan fingerprint density at radius 2 is 1.75 bits per heavy atom. The van der Waals surface area contributed by atoms with Crippen molar-refractivity contribution < 1.29 is 21.6 Å². The minimum Gasteiger partial charge on any atom is -0.297 e. The summed E-state index contributed by atoms with van der Waals surface area (Å²) in [6.45, 7) is 0. The number of aromatic nitrogens is 2. The molecule has 0 bridgehead atoms. The van der Waals surface area contributed by atoms with Crippen molar-refractivity contribution in [1.29, 1.82) is 0 Å². The highest BCUT2D eigenvalue weighted by Gasteiger charge is 2.30. The molecule has 0 atom stereocenters. The molecule has 4 aromatic rings. The van der Waals surface area contributed by atoms with Crippen LogP contribution < -0.4 is 4.72 Å². The van der Waals surface area contributed by atoms with Crippen molar-refractivity contribution in [3.8, 4) is 11.3 Å². The molecule has 2 heterocycles. The molecule has 0 aliphatic carbocycles. The molecule has 0 radical (unpaired) electrons. The third-order valence-electron chi connectivity index (χ3n) is 4.03. The Hall–Kier alpha value is -2.85. The van der Waals surface area contributed by atoms with E-state index < -0.39 is 21.8 Å². The monoisotopic (exact) mass is 423 g/mol. The topological polar surface area (TPSA) is 63.5 Å². The fourth-order valence-corrected chi connectivity index (χ4v) is 4.46. The maximum absolute atomic E-state index is 12.7. The smallest absolute Gasteiger partial charge is 0.297 e. The van der Waals surface area contributed by atoms with Crippen molar-refractivity contribution in [2.24, 2.45) is 0 Å². The van der Waals surface area contributed by atoms with Crippen LogP contribution in [-0.2, 0) is 16.2 Å². The molecule has 0 aliphatic heterocycles. The summed E-state index contributed by atoms with van der Waals surface area (Å²) in [5, 5.41) is 1.88. The van der Waals surface area contributed by atoms with Crippen LogP contribution in [0.5, 0.6) is 0 Å². The van der Waals surface area contributed by atoms with Crippen LogP contribution in [0.3, 0.4) is 0 Å². The first kappa shape index (κ1) is 18.5. The zero-order chi connectivity index (χ0) is 19.9. The van der Waals surface area contributed by atoms with Gasteiger partial charge in [-0.2, -0.15) is 13.2 Å². The van der Waals surface area contributed by atoms with Gasteiger partial charge in [0.15, 0.2) is 4.96 Å². The number of sulfonamides is 1. The van der Waals surface area contributed by atoms with Gasteiger partial charge in [-0.1, -0.05) is 18.2 Å². The predicted molar refractivity (Wildman–Crippen MR) is 101 cm³/mol. The van der Waals surface area contributed by atoms with Gasteiger partial charge >= 0.3 is 6.18 Å². The molecule has 0 saturated carbocycles. The molecule has 0 fully saturated rings. The van der Waals surface area contributed by atoms with E-state index in [4.69, 9.17) is 0 Å². The molecule has 4 rings (SSSR count). The van der Waals surface area contributed by atoms with Crippen LogP contribution in [0.15, 0.2) is 71.2 Å². The summed E-state index contributed by atoms with van der Waals surface area (Å²) < 4.78 is 67.6. The zero-order valence-corrected chi connectivity index (χ0v) is 15.6. The summed E-state index contributed by atoms with van der Waals surface area (Å²) in [6, 6.07) is 10.0. The Morgan fingerprint density at radius 1 is 1.04 bits per heavy atom. The number of nitrogens with one attached hydrogen (secondary N) is 1. The number of fused-ring (bicyclic) bond motifs is 1. The molecular formula is C18H12F3N3O2S2. The lowest BCUT2D eigenvalue weighted by Crippen LogP contribution is -2.14. The van der Waals surface area contributed by atoms with Gasteiger partial charge in [0.2, 0.25) is 0 Å². The predicted octanol–water partition coefficient (Wildman–Crippen LogP) is 4.88. The van der Waals surface area contributed by atoms with Crippen LogP contribution in [0.2, 0.25) is 0 Å². The average molecular weight is 423 g/mol. The maximum atomic E-state index is 12.7. The largest absolute Gasteiger partial charge is 0.416 e. The third kappa shape index (κ3) is 3.48.